The van der Waals surface area contributed by atoms with E-state index in [1.54, 1.807) is 26.2 Å². The minimum absolute atomic E-state index is 0.0914. The van der Waals surface area contributed by atoms with E-state index in [4.69, 9.17) is 9.84 Å². The van der Waals surface area contributed by atoms with Crippen LogP contribution in [0.4, 0.5) is 5.82 Å². The van der Waals surface area contributed by atoms with Gasteiger partial charge in [-0.3, -0.25) is 14.3 Å². The fraction of sp³-hybridized carbons (Fsp3) is 0.412. The molecule has 2 aliphatic heterocycles. The summed E-state index contributed by atoms with van der Waals surface area (Å²) in [5, 5.41) is 18.8. The number of likely N-dealkylation sites (tertiary alicyclic amines) is 1. The van der Waals surface area contributed by atoms with Gasteiger partial charge in [0, 0.05) is 30.3 Å². The second kappa shape index (κ2) is 10.8. The number of carbonyl (C=O) groups is 2. The number of nitrogens with zero attached hydrogens (tertiary/aromatic N) is 6. The van der Waals surface area contributed by atoms with Crippen molar-refractivity contribution in [2.24, 2.45) is 5.41 Å². The van der Waals surface area contributed by atoms with E-state index < -0.39 is 11.6 Å². The van der Waals surface area contributed by atoms with Gasteiger partial charge >= 0.3 is 0 Å². The summed E-state index contributed by atoms with van der Waals surface area (Å²) in [7, 11) is 0. The maximum absolute atomic E-state index is 13.7. The van der Waals surface area contributed by atoms with Crippen LogP contribution < -0.4 is 5.32 Å². The van der Waals surface area contributed by atoms with Gasteiger partial charge in [-0.2, -0.15) is 5.10 Å². The number of fused-ring (bicyclic) bond motifs is 2. The molecule has 46 heavy (non-hydrogen) atoms. The number of amides is 1. The van der Waals surface area contributed by atoms with Crippen molar-refractivity contribution in [1.82, 2.24) is 29.6 Å². The second-order valence-electron chi connectivity index (χ2n) is 13.2. The normalized spacial score (nSPS) is 25.0. The molecule has 2 N–H and O–H groups in total. The highest BCUT2D eigenvalue weighted by molar-refractivity contribution is 9.10. The summed E-state index contributed by atoms with van der Waals surface area (Å²) in [4.78, 5) is 41.7. The average Bonchev–Trinajstić information content (AvgIpc) is 3.59. The lowest BCUT2D eigenvalue weighted by molar-refractivity contribution is -0.121. The molecule has 5 atom stereocenters. The zero-order valence-corrected chi connectivity index (χ0v) is 28.0. The summed E-state index contributed by atoms with van der Waals surface area (Å²) in [6, 6.07) is 7.16. The number of ether oxygens (including phenoxy) is 1. The standard InChI is InChI=1S/C34H34BrN7O4/c1-17-7-8-26(35)38-29(17)39-30(44)23-13-34(6)10-9-25(34)42(23)31-24(46-31)16-41-28-18(2)11-20(12-22(28)27(40-41)19(3)43)21-14-36-32(37-15-21)33(4,5)45/h7-8,11-12,14-15,23-25,31,45H,13,16H2,1-6H3,(H,38,39,44)/t23-,24?,25+,31?,34+/m0/s1. The first-order valence-electron chi connectivity index (χ1n) is 15.2. The molecule has 11 nitrogen and oxygen atoms in total. The number of ketones is 1. The molecular formula is C34H34BrN7O4. The van der Waals surface area contributed by atoms with Gasteiger partial charge in [-0.25, -0.2) is 19.9 Å². The van der Waals surface area contributed by atoms with Gasteiger partial charge in [-0.1, -0.05) is 17.9 Å². The van der Waals surface area contributed by atoms with Crippen LogP contribution in [0.25, 0.3) is 22.0 Å². The van der Waals surface area contributed by atoms with Crippen molar-refractivity contribution < 1.29 is 19.4 Å². The Morgan fingerprint density at radius 1 is 1.17 bits per heavy atom. The maximum atomic E-state index is 13.7. The molecule has 4 aromatic rings. The number of pyridine rings is 1. The van der Waals surface area contributed by atoms with Gasteiger partial charge in [-0.05, 0) is 91.9 Å². The molecule has 0 radical (unpaired) electrons. The summed E-state index contributed by atoms with van der Waals surface area (Å²) in [6.45, 7) is 11.2. The van der Waals surface area contributed by atoms with Crippen LogP contribution in [0.5, 0.6) is 0 Å². The van der Waals surface area contributed by atoms with Crippen LogP contribution in [0, 0.1) is 31.1 Å². The largest absolute Gasteiger partial charge is 0.382 e. The third kappa shape index (κ3) is 5.21. The molecule has 0 bridgehead atoms. The molecule has 2 unspecified atom stereocenters. The van der Waals surface area contributed by atoms with Crippen molar-refractivity contribution in [2.45, 2.75) is 84.5 Å². The van der Waals surface area contributed by atoms with Crippen molar-refractivity contribution in [3.63, 3.8) is 0 Å². The summed E-state index contributed by atoms with van der Waals surface area (Å²) in [5.41, 5.74) is 3.19. The van der Waals surface area contributed by atoms with E-state index >= 15 is 0 Å². The quantitative estimate of drug-likeness (QED) is 0.119. The monoisotopic (exact) mass is 683 g/mol. The number of rotatable bonds is 8. The first-order chi connectivity index (χ1) is 21.7. The lowest BCUT2D eigenvalue weighted by Crippen LogP contribution is -2.48. The highest BCUT2D eigenvalue weighted by Crippen LogP contribution is 2.49. The molecule has 7 rings (SSSR count). The number of aromatic nitrogens is 5. The third-order valence-corrected chi connectivity index (χ3v) is 9.52. The molecule has 236 valence electrons. The molecule has 0 spiro atoms. The molecule has 1 aromatic carbocycles. The van der Waals surface area contributed by atoms with E-state index in [1.165, 1.54) is 6.92 Å². The average molecular weight is 685 g/mol. The number of hydrogen-bond donors (Lipinski definition) is 2. The zero-order valence-electron chi connectivity index (χ0n) is 26.4. The minimum Gasteiger partial charge on any atom is -0.382 e. The van der Waals surface area contributed by atoms with Gasteiger partial charge in [0.1, 0.15) is 34.0 Å². The van der Waals surface area contributed by atoms with Crippen LogP contribution in [-0.4, -0.2) is 70.8 Å². The molecule has 2 fully saturated rings. The van der Waals surface area contributed by atoms with Gasteiger partial charge < -0.3 is 15.2 Å². The highest BCUT2D eigenvalue weighted by Gasteiger charge is 2.61. The number of halogens is 1. The van der Waals surface area contributed by atoms with Crippen molar-refractivity contribution in [2.75, 3.05) is 5.32 Å². The van der Waals surface area contributed by atoms with Gasteiger partial charge in [0.05, 0.1) is 29.6 Å². The Bertz CT molecular complexity index is 1990. The number of benzene rings is 1. The van der Waals surface area contributed by atoms with E-state index in [0.717, 1.165) is 33.2 Å². The molecule has 12 heteroatoms. The molecular weight excluding hydrogens is 650 g/mol. The van der Waals surface area contributed by atoms with Crippen LogP contribution in [0.15, 0.2) is 41.3 Å². The summed E-state index contributed by atoms with van der Waals surface area (Å²) in [6.07, 6.45) is 3.39. The summed E-state index contributed by atoms with van der Waals surface area (Å²) >= 11 is 3.39. The highest BCUT2D eigenvalue weighted by atomic mass is 79.9. The van der Waals surface area contributed by atoms with E-state index in [1.807, 2.05) is 42.8 Å². The van der Waals surface area contributed by atoms with E-state index in [0.29, 0.717) is 34.9 Å². The number of hydrogen-bond acceptors (Lipinski definition) is 9. The first kappa shape index (κ1) is 30.6. The molecule has 3 aliphatic rings. The zero-order chi connectivity index (χ0) is 32.7. The summed E-state index contributed by atoms with van der Waals surface area (Å²) in [5.74, 6) is 7.11. The fourth-order valence-corrected chi connectivity index (χ4v) is 6.91. The number of nitrogens with one attached hydrogen (secondary N) is 1. The number of carbonyl (C=O) groups excluding carboxylic acids is 2. The van der Waals surface area contributed by atoms with Gasteiger partial charge in [0.25, 0.3) is 0 Å². The van der Waals surface area contributed by atoms with E-state index in [2.05, 4.69) is 59.9 Å². The Labute approximate surface area is 274 Å². The Kier molecular flexibility index (Phi) is 7.17. The Morgan fingerprint density at radius 3 is 2.57 bits per heavy atom. The lowest BCUT2D eigenvalue weighted by Gasteiger charge is -2.33. The molecule has 1 aliphatic carbocycles. The van der Waals surface area contributed by atoms with Crippen LogP contribution in [0.2, 0.25) is 0 Å². The number of anilines is 1. The molecule has 2 saturated heterocycles. The minimum atomic E-state index is -1.15. The topological polar surface area (TPSA) is 139 Å². The van der Waals surface area contributed by atoms with Crippen molar-refractivity contribution in [1.29, 1.82) is 0 Å². The third-order valence-electron chi connectivity index (χ3n) is 9.08. The van der Waals surface area contributed by atoms with Crippen LogP contribution >= 0.6 is 15.9 Å². The number of aryl methyl sites for hydroxylation is 2. The Hall–Kier alpha value is -4.02. The van der Waals surface area contributed by atoms with Gasteiger partial charge in [0.15, 0.2) is 11.6 Å². The first-order valence-corrected chi connectivity index (χ1v) is 16.0. The van der Waals surface area contributed by atoms with Gasteiger partial charge in [-0.15, -0.1) is 0 Å². The smallest absolute Gasteiger partial charge is 0.243 e. The molecule has 3 aromatic heterocycles. The Morgan fingerprint density at radius 2 is 1.91 bits per heavy atom. The van der Waals surface area contributed by atoms with Crippen LogP contribution in [0.1, 0.15) is 61.6 Å². The SMILES string of the molecule is CC(=O)c1nn(CC2OC2N2[C@H](C(=O)Nc3nc(Br)ccc3C)C[C@@]3(C)C#C[C@@H]23)c2c(C)cc(-c3cnc(C(C)(C)O)nc3)cc12. The number of epoxide rings is 1. The lowest BCUT2D eigenvalue weighted by atomic mass is 9.76. The fourth-order valence-electron chi connectivity index (χ4n) is 6.60. The summed E-state index contributed by atoms with van der Waals surface area (Å²) < 4.78 is 8.73. The predicted octanol–water partition coefficient (Wildman–Crippen LogP) is 4.53. The van der Waals surface area contributed by atoms with E-state index in [9.17, 15) is 14.7 Å². The number of Topliss-reactive ketones (excluding diaryl/α,β-unsaturated/α-hetero) is 1. The Balaban J connectivity index is 1.15. The van der Waals surface area contributed by atoms with Crippen molar-refractivity contribution in [3.05, 3.63) is 63.9 Å². The van der Waals surface area contributed by atoms with Crippen molar-refractivity contribution in [3.8, 4) is 23.0 Å². The molecule has 1 amide bonds. The molecule has 5 heterocycles. The predicted molar refractivity (Wildman–Crippen MR) is 175 cm³/mol. The number of aliphatic hydroxyl groups is 1. The van der Waals surface area contributed by atoms with Crippen LogP contribution in [-0.2, 0) is 21.7 Å². The van der Waals surface area contributed by atoms with Crippen molar-refractivity contribution >= 4 is 44.3 Å². The van der Waals surface area contributed by atoms with Gasteiger partial charge in [0.2, 0.25) is 5.91 Å². The van der Waals surface area contributed by atoms with Crippen LogP contribution in [0.3, 0.4) is 0 Å². The maximum Gasteiger partial charge on any atom is 0.243 e. The van der Waals surface area contributed by atoms with E-state index in [-0.39, 0.29) is 35.5 Å². The second-order valence-corrected chi connectivity index (χ2v) is 14.1. The molecule has 0 saturated carbocycles.